The highest BCUT2D eigenvalue weighted by Crippen LogP contribution is 2.26. The van der Waals surface area contributed by atoms with Crippen LogP contribution in [0.25, 0.3) is 0 Å². The summed E-state index contributed by atoms with van der Waals surface area (Å²) < 4.78 is 10.4. The van der Waals surface area contributed by atoms with Crippen molar-refractivity contribution >= 4 is 11.9 Å². The normalized spacial score (nSPS) is 12.1. The van der Waals surface area contributed by atoms with Crippen LogP contribution in [-0.4, -0.2) is 25.2 Å². The van der Waals surface area contributed by atoms with Gasteiger partial charge in [0.15, 0.2) is 0 Å². The Bertz CT molecular complexity index is 336. The smallest absolute Gasteiger partial charge is 0.305 e. The summed E-state index contributed by atoms with van der Waals surface area (Å²) in [5.41, 5.74) is 0.388. The fourth-order valence-electron chi connectivity index (χ4n) is 1.95. The third kappa shape index (κ3) is 12.4. The van der Waals surface area contributed by atoms with Gasteiger partial charge in [-0.05, 0) is 36.5 Å². The highest BCUT2D eigenvalue weighted by molar-refractivity contribution is 5.69. The van der Waals surface area contributed by atoms with E-state index in [9.17, 15) is 9.59 Å². The topological polar surface area (TPSA) is 52.6 Å². The average Bonchev–Trinajstić information content (AvgIpc) is 2.54. The number of carbonyl (C=O) groups excluding carboxylic acids is 2. The van der Waals surface area contributed by atoms with Gasteiger partial charge < -0.3 is 9.47 Å². The quantitative estimate of drug-likeness (QED) is 0.337. The molecule has 0 bridgehead atoms. The van der Waals surface area contributed by atoms with Gasteiger partial charge in [-0.3, -0.25) is 9.59 Å². The van der Waals surface area contributed by atoms with Crippen LogP contribution in [0.5, 0.6) is 0 Å². The van der Waals surface area contributed by atoms with Crippen molar-refractivity contribution < 1.29 is 19.1 Å². The van der Waals surface area contributed by atoms with Crippen LogP contribution in [0.3, 0.4) is 0 Å². The van der Waals surface area contributed by atoms with Gasteiger partial charge in [-0.25, -0.2) is 0 Å². The summed E-state index contributed by atoms with van der Waals surface area (Å²) in [6, 6.07) is 0. The van der Waals surface area contributed by atoms with E-state index in [-0.39, 0.29) is 22.8 Å². The minimum absolute atomic E-state index is 0.129. The molecule has 0 heterocycles. The van der Waals surface area contributed by atoms with E-state index in [1.54, 1.807) is 0 Å². The van der Waals surface area contributed by atoms with Gasteiger partial charge >= 0.3 is 11.9 Å². The van der Waals surface area contributed by atoms with Gasteiger partial charge in [-0.2, -0.15) is 0 Å². The van der Waals surface area contributed by atoms with Crippen LogP contribution in [-0.2, 0) is 19.1 Å². The molecule has 0 spiro atoms. The molecule has 142 valence electrons. The molecule has 0 aromatic rings. The maximum absolute atomic E-state index is 11.6. The van der Waals surface area contributed by atoms with Gasteiger partial charge in [-0.15, -0.1) is 0 Å². The Morgan fingerprint density at radius 3 is 1.33 bits per heavy atom. The molecule has 24 heavy (non-hydrogen) atoms. The molecule has 0 N–H and O–H groups in total. The molecule has 0 saturated heterocycles. The predicted octanol–water partition coefficient (Wildman–Crippen LogP) is 5.29. The molecule has 0 radical (unpaired) electrons. The molecular formula is C20H38O4. The third-order valence-electron chi connectivity index (χ3n) is 4.99. The van der Waals surface area contributed by atoms with Crippen molar-refractivity contribution in [1.29, 1.82) is 0 Å². The van der Waals surface area contributed by atoms with Crippen LogP contribution in [0.2, 0.25) is 0 Å². The lowest BCUT2D eigenvalue weighted by Gasteiger charge is -2.21. The molecule has 4 nitrogen and oxygen atoms in total. The number of carbonyl (C=O) groups is 2. The monoisotopic (exact) mass is 342 g/mol. The Balaban J connectivity index is 3.60. The number of esters is 2. The largest absolute Gasteiger partial charge is 0.466 e. The molecule has 0 saturated carbocycles. The van der Waals surface area contributed by atoms with Crippen molar-refractivity contribution in [2.45, 2.75) is 92.9 Å². The fraction of sp³-hybridized carbons (Fsp3) is 0.900. The van der Waals surface area contributed by atoms with Crippen molar-refractivity contribution in [1.82, 2.24) is 0 Å². The SMILES string of the molecule is CCC(C)(C)CCC(=O)OCCCCOC(=O)CCC(C)(C)CC. The summed E-state index contributed by atoms with van der Waals surface area (Å²) in [6.07, 6.45) is 6.24. The molecule has 0 amide bonds. The van der Waals surface area contributed by atoms with E-state index in [2.05, 4.69) is 41.5 Å². The van der Waals surface area contributed by atoms with Gasteiger partial charge in [0, 0.05) is 12.8 Å². The van der Waals surface area contributed by atoms with E-state index in [1.807, 2.05) is 0 Å². The molecule has 0 rings (SSSR count). The minimum Gasteiger partial charge on any atom is -0.466 e. The highest BCUT2D eigenvalue weighted by atomic mass is 16.5. The third-order valence-corrected chi connectivity index (χ3v) is 4.99. The van der Waals surface area contributed by atoms with Crippen LogP contribution in [0.15, 0.2) is 0 Å². The zero-order chi connectivity index (χ0) is 18.6. The van der Waals surface area contributed by atoms with Crippen LogP contribution in [0, 0.1) is 10.8 Å². The number of rotatable bonds is 13. The van der Waals surface area contributed by atoms with Crippen molar-refractivity contribution in [2.24, 2.45) is 10.8 Å². The predicted molar refractivity (Wildman–Crippen MR) is 97.8 cm³/mol. The number of ether oxygens (including phenoxy) is 2. The fourth-order valence-corrected chi connectivity index (χ4v) is 1.95. The molecule has 0 unspecified atom stereocenters. The van der Waals surface area contributed by atoms with Gasteiger partial charge in [0.05, 0.1) is 13.2 Å². The second-order valence-corrected chi connectivity index (χ2v) is 8.18. The Kier molecular flexibility index (Phi) is 11.0. The Hall–Kier alpha value is -1.06. The van der Waals surface area contributed by atoms with E-state index in [1.165, 1.54) is 0 Å². The lowest BCUT2D eigenvalue weighted by atomic mass is 9.85. The molecule has 0 aromatic heterocycles. The van der Waals surface area contributed by atoms with Gasteiger partial charge in [0.2, 0.25) is 0 Å². The van der Waals surface area contributed by atoms with Gasteiger partial charge in [0.1, 0.15) is 0 Å². The summed E-state index contributed by atoms with van der Waals surface area (Å²) in [5, 5.41) is 0. The molecule has 0 aromatic carbocycles. The summed E-state index contributed by atoms with van der Waals surface area (Å²) >= 11 is 0. The molecule has 0 aliphatic rings. The van der Waals surface area contributed by atoms with E-state index >= 15 is 0 Å². The standard InChI is InChI=1S/C20H38O4/c1-7-19(3,4)13-11-17(21)23-15-9-10-16-24-18(22)12-14-20(5,6)8-2/h7-16H2,1-6H3. The molecule has 0 aliphatic carbocycles. The lowest BCUT2D eigenvalue weighted by Crippen LogP contribution is -2.15. The molecule has 4 heteroatoms. The zero-order valence-electron chi connectivity index (χ0n) is 16.7. The molecule has 0 fully saturated rings. The Labute approximate surface area is 148 Å². The second-order valence-electron chi connectivity index (χ2n) is 8.18. The van der Waals surface area contributed by atoms with Crippen molar-refractivity contribution in [3.8, 4) is 0 Å². The molecule has 0 atom stereocenters. The van der Waals surface area contributed by atoms with Crippen LogP contribution < -0.4 is 0 Å². The summed E-state index contributed by atoms with van der Waals surface area (Å²) in [5.74, 6) is -0.259. The Morgan fingerprint density at radius 1 is 0.708 bits per heavy atom. The highest BCUT2D eigenvalue weighted by Gasteiger charge is 2.18. The first-order chi connectivity index (χ1) is 11.1. The number of hydrogen-bond acceptors (Lipinski definition) is 4. The molecule has 0 aliphatic heterocycles. The molecular weight excluding hydrogens is 304 g/mol. The zero-order valence-corrected chi connectivity index (χ0v) is 16.7. The second kappa shape index (κ2) is 11.5. The maximum Gasteiger partial charge on any atom is 0.305 e. The van der Waals surface area contributed by atoms with Crippen molar-refractivity contribution in [3.63, 3.8) is 0 Å². The van der Waals surface area contributed by atoms with Crippen LogP contribution in [0.4, 0.5) is 0 Å². The number of hydrogen-bond donors (Lipinski definition) is 0. The van der Waals surface area contributed by atoms with E-state index < -0.39 is 0 Å². The van der Waals surface area contributed by atoms with E-state index in [0.29, 0.717) is 26.1 Å². The summed E-state index contributed by atoms with van der Waals surface area (Å²) in [6.45, 7) is 13.7. The van der Waals surface area contributed by atoms with E-state index in [0.717, 1.165) is 38.5 Å². The van der Waals surface area contributed by atoms with Gasteiger partial charge in [-0.1, -0.05) is 54.4 Å². The first-order valence-electron chi connectivity index (χ1n) is 9.43. The van der Waals surface area contributed by atoms with Gasteiger partial charge in [0.25, 0.3) is 0 Å². The van der Waals surface area contributed by atoms with E-state index in [4.69, 9.17) is 9.47 Å². The summed E-state index contributed by atoms with van der Waals surface area (Å²) in [4.78, 5) is 23.3. The van der Waals surface area contributed by atoms with Crippen molar-refractivity contribution in [3.05, 3.63) is 0 Å². The summed E-state index contributed by atoms with van der Waals surface area (Å²) in [7, 11) is 0. The lowest BCUT2D eigenvalue weighted by molar-refractivity contribution is -0.146. The Morgan fingerprint density at radius 2 is 1.04 bits per heavy atom. The first kappa shape index (κ1) is 22.9. The van der Waals surface area contributed by atoms with Crippen molar-refractivity contribution in [2.75, 3.05) is 13.2 Å². The average molecular weight is 343 g/mol. The minimum atomic E-state index is -0.129. The van der Waals surface area contributed by atoms with Crippen LogP contribution in [0.1, 0.15) is 92.9 Å². The first-order valence-corrected chi connectivity index (χ1v) is 9.43. The van der Waals surface area contributed by atoms with Crippen LogP contribution >= 0.6 is 0 Å². The maximum atomic E-state index is 11.6. The number of unbranched alkanes of at least 4 members (excludes halogenated alkanes) is 1.